The molecule has 0 N–H and O–H groups in total. The molecule has 3 aliphatic rings. The number of carbonyl (C=O) groups is 1. The second-order valence-electron chi connectivity index (χ2n) is 16.3. The van der Waals surface area contributed by atoms with E-state index in [4.69, 9.17) is 47.7 Å². The number of fused-ring (bicyclic) bond motifs is 4. The van der Waals surface area contributed by atoms with Crippen molar-refractivity contribution in [3.8, 4) is 17.2 Å². The summed E-state index contributed by atoms with van der Waals surface area (Å²) in [6.07, 6.45) is 6.92. The average molecular weight is 791 g/mol. The molecule has 55 heavy (non-hydrogen) atoms. The number of anilines is 1. The van der Waals surface area contributed by atoms with Crippen molar-refractivity contribution in [3.63, 3.8) is 0 Å². The Bertz CT molecular complexity index is 2350. The van der Waals surface area contributed by atoms with Gasteiger partial charge in [0, 0.05) is 71.3 Å². The zero-order valence-electron chi connectivity index (χ0n) is 32.1. The number of rotatable bonds is 6. The Labute approximate surface area is 329 Å². The summed E-state index contributed by atoms with van der Waals surface area (Å²) in [4.78, 5) is 29.2. The maximum Gasteiger partial charge on any atom is 0.410 e. The van der Waals surface area contributed by atoms with E-state index in [2.05, 4.69) is 20.4 Å². The van der Waals surface area contributed by atoms with E-state index in [0.29, 0.717) is 83.5 Å². The van der Waals surface area contributed by atoms with E-state index in [0.717, 1.165) is 30.2 Å². The number of halogens is 3. The Morgan fingerprint density at radius 1 is 1.11 bits per heavy atom. The Kier molecular flexibility index (Phi) is 9.85. The van der Waals surface area contributed by atoms with E-state index in [1.807, 2.05) is 52.5 Å². The summed E-state index contributed by atoms with van der Waals surface area (Å²) < 4.78 is 33.3. The third-order valence-electron chi connectivity index (χ3n) is 11.4. The summed E-state index contributed by atoms with van der Waals surface area (Å²) >= 11 is 14.1. The van der Waals surface area contributed by atoms with Gasteiger partial charge in [-0.3, -0.25) is 0 Å². The molecule has 3 aliphatic heterocycles. The van der Waals surface area contributed by atoms with Crippen LogP contribution in [0.3, 0.4) is 0 Å². The second-order valence-corrected chi connectivity index (χ2v) is 17.1. The first-order valence-corrected chi connectivity index (χ1v) is 19.8. The van der Waals surface area contributed by atoms with Crippen LogP contribution in [-0.4, -0.2) is 98.2 Å². The molecule has 0 aliphatic carbocycles. The molecule has 12 nitrogen and oxygen atoms in total. The lowest BCUT2D eigenvalue weighted by Gasteiger charge is -2.43. The SMILES string of the molecule is Cc1c(Cl)cc2c(cnn2C2CCCCO2)c1-c1c(Cl)cc2c(nc(N3CC(N(C)C)C3)c3ncn([C@H]4CCN(C(=O)OC(C)(C)C)[C@H](CC#N)C4)c32)c1F. The van der Waals surface area contributed by atoms with Crippen LogP contribution in [0.5, 0.6) is 0 Å². The first-order valence-electron chi connectivity index (χ1n) is 19.0. The number of nitriles is 1. The van der Waals surface area contributed by atoms with Gasteiger partial charge in [-0.2, -0.15) is 10.4 Å². The van der Waals surface area contributed by atoms with Gasteiger partial charge in [0.25, 0.3) is 0 Å². The number of hydrogen-bond acceptors (Lipinski definition) is 9. The van der Waals surface area contributed by atoms with Gasteiger partial charge in [-0.1, -0.05) is 23.2 Å². The van der Waals surface area contributed by atoms with Gasteiger partial charge in [0.05, 0.1) is 41.1 Å². The standard InChI is InChI=1S/C40H46Cl2FN9O3/c1-22-28(41)17-30-27(18-46-52(30)31-9-7-8-14-54-31)32(22)33-29(42)16-26-35(34(33)43)47-38(49-19-25(20-49)48(5)6)36-37(26)51(21-45-36)24-11-13-50(23(15-24)10-12-44)39(53)55-40(2,3)4/h16-18,21,23-25,31H,7-11,13-15,19-20H2,1-6H3/t23-,24+,31?/m1/s1. The molecule has 1 amide bonds. The van der Waals surface area contributed by atoms with Gasteiger partial charge < -0.3 is 28.7 Å². The summed E-state index contributed by atoms with van der Waals surface area (Å²) in [5.74, 6) is 0.0417. The van der Waals surface area contributed by atoms with Gasteiger partial charge in [0.1, 0.15) is 16.6 Å². The van der Waals surface area contributed by atoms with Crippen molar-refractivity contribution >= 4 is 68.0 Å². The normalized spacial score (nSPS) is 21.1. The molecule has 0 spiro atoms. The summed E-state index contributed by atoms with van der Waals surface area (Å²) in [7, 11) is 4.10. The van der Waals surface area contributed by atoms with Gasteiger partial charge in [-0.15, -0.1) is 0 Å². The van der Waals surface area contributed by atoms with Crippen LogP contribution in [0.15, 0.2) is 24.7 Å². The number of pyridine rings is 1. The van der Waals surface area contributed by atoms with Crippen molar-refractivity contribution in [1.29, 1.82) is 5.26 Å². The van der Waals surface area contributed by atoms with Crippen LogP contribution >= 0.6 is 23.2 Å². The van der Waals surface area contributed by atoms with Crippen molar-refractivity contribution in [1.82, 2.24) is 34.1 Å². The van der Waals surface area contributed by atoms with Gasteiger partial charge >= 0.3 is 6.09 Å². The summed E-state index contributed by atoms with van der Waals surface area (Å²) in [5.41, 5.74) is 3.07. The summed E-state index contributed by atoms with van der Waals surface area (Å²) in [5, 5.41) is 16.4. The van der Waals surface area contributed by atoms with Gasteiger partial charge in [-0.25, -0.2) is 23.8 Å². The highest BCUT2D eigenvalue weighted by atomic mass is 35.5. The number of amides is 1. The van der Waals surface area contributed by atoms with Crippen LogP contribution in [0, 0.1) is 24.1 Å². The predicted molar refractivity (Wildman–Crippen MR) is 212 cm³/mol. The zero-order chi connectivity index (χ0) is 38.9. The molecule has 3 saturated heterocycles. The molecule has 0 radical (unpaired) electrons. The van der Waals surface area contributed by atoms with Gasteiger partial charge in [-0.05, 0) is 91.6 Å². The van der Waals surface area contributed by atoms with Gasteiger partial charge in [0.15, 0.2) is 17.9 Å². The lowest BCUT2D eigenvalue weighted by molar-refractivity contribution is -0.0366. The molecule has 15 heteroatoms. The maximum absolute atomic E-state index is 17.6. The lowest BCUT2D eigenvalue weighted by atomic mass is 9.94. The third-order valence-corrected chi connectivity index (χ3v) is 12.1. The average Bonchev–Trinajstić information content (AvgIpc) is 3.74. The third kappa shape index (κ3) is 6.64. The summed E-state index contributed by atoms with van der Waals surface area (Å²) in [6.45, 7) is 9.82. The first kappa shape index (κ1) is 37.7. The van der Waals surface area contributed by atoms with Crippen molar-refractivity contribution in [2.24, 2.45) is 0 Å². The smallest absolute Gasteiger partial charge is 0.410 e. The molecule has 0 saturated carbocycles. The van der Waals surface area contributed by atoms with Crippen LogP contribution in [0.2, 0.25) is 10.0 Å². The molecule has 3 fully saturated rings. The topological polar surface area (TPSA) is 118 Å². The number of aromatic nitrogens is 5. The molecule has 3 atom stereocenters. The van der Waals surface area contributed by atoms with Gasteiger partial charge in [0.2, 0.25) is 0 Å². The fraction of sp³-hybridized carbons (Fsp3) is 0.525. The Morgan fingerprint density at radius 3 is 2.58 bits per heavy atom. The van der Waals surface area contributed by atoms with Crippen LogP contribution in [0.4, 0.5) is 15.0 Å². The fourth-order valence-corrected chi connectivity index (χ4v) is 8.88. The molecule has 0 bridgehead atoms. The van der Waals surface area contributed by atoms with Crippen molar-refractivity contribution in [3.05, 3.63) is 46.1 Å². The number of hydrogen-bond donors (Lipinski definition) is 0. The van der Waals surface area contributed by atoms with E-state index in [1.54, 1.807) is 23.5 Å². The largest absolute Gasteiger partial charge is 0.444 e. The number of benzene rings is 2. The van der Waals surface area contributed by atoms with Crippen molar-refractivity contribution < 1.29 is 18.7 Å². The van der Waals surface area contributed by atoms with E-state index in [1.165, 1.54) is 0 Å². The Hall–Kier alpha value is -4.22. The molecule has 5 aromatic rings. The Balaban J connectivity index is 1.28. The van der Waals surface area contributed by atoms with Crippen LogP contribution < -0.4 is 4.90 Å². The number of ether oxygens (including phenoxy) is 2. The number of likely N-dealkylation sites (N-methyl/N-ethyl adjacent to an activating group) is 1. The minimum absolute atomic E-state index is 0.143. The van der Waals surface area contributed by atoms with E-state index in [9.17, 15) is 10.1 Å². The van der Waals surface area contributed by atoms with E-state index in [-0.39, 0.29) is 40.8 Å². The fourth-order valence-electron chi connectivity index (χ4n) is 8.40. The molecule has 8 rings (SSSR count). The summed E-state index contributed by atoms with van der Waals surface area (Å²) in [6, 6.07) is 5.71. The second kappa shape index (κ2) is 14.4. The first-order chi connectivity index (χ1) is 26.3. The highest BCUT2D eigenvalue weighted by Crippen LogP contribution is 2.46. The molecule has 1 unspecified atom stereocenters. The quantitative estimate of drug-likeness (QED) is 0.167. The minimum Gasteiger partial charge on any atom is -0.444 e. The number of likely N-dealkylation sites (tertiary alicyclic amines) is 1. The lowest BCUT2D eigenvalue weighted by Crippen LogP contribution is -2.57. The molecule has 6 heterocycles. The zero-order valence-corrected chi connectivity index (χ0v) is 33.6. The Morgan fingerprint density at radius 2 is 1.89 bits per heavy atom. The molecule has 3 aromatic heterocycles. The van der Waals surface area contributed by atoms with Crippen LogP contribution in [-0.2, 0) is 9.47 Å². The predicted octanol–water partition coefficient (Wildman–Crippen LogP) is 8.66. The monoisotopic (exact) mass is 789 g/mol. The number of piperidine rings is 1. The minimum atomic E-state index is -0.668. The molecule has 290 valence electrons. The van der Waals surface area contributed by atoms with Crippen LogP contribution in [0.25, 0.3) is 44.0 Å². The number of nitrogens with zero attached hydrogens (tertiary/aromatic N) is 9. The molecular formula is C40H46Cl2FN9O3. The molecular weight excluding hydrogens is 744 g/mol. The number of imidazole rings is 1. The van der Waals surface area contributed by atoms with E-state index < -0.39 is 17.5 Å². The maximum atomic E-state index is 17.6. The molecule has 2 aromatic carbocycles. The van der Waals surface area contributed by atoms with Crippen LogP contribution in [0.1, 0.15) is 77.1 Å². The van der Waals surface area contributed by atoms with Crippen molar-refractivity contribution in [2.45, 2.75) is 96.2 Å². The van der Waals surface area contributed by atoms with E-state index >= 15 is 4.39 Å². The van der Waals surface area contributed by atoms with Crippen molar-refractivity contribution in [2.75, 3.05) is 45.2 Å². The highest BCUT2D eigenvalue weighted by Gasteiger charge is 2.38. The number of carbonyl (C=O) groups excluding carboxylic acids is 1. The highest BCUT2D eigenvalue weighted by molar-refractivity contribution is 6.36.